The molecule has 0 aliphatic heterocycles. The summed E-state index contributed by atoms with van der Waals surface area (Å²) in [5.41, 5.74) is 1.65. The van der Waals surface area contributed by atoms with E-state index < -0.39 is 5.82 Å². The maximum absolute atomic E-state index is 13.5. The zero-order chi connectivity index (χ0) is 24.8. The third-order valence-electron chi connectivity index (χ3n) is 5.31. The number of nitrogens with zero attached hydrogens (tertiary/aromatic N) is 3. The fraction of sp³-hybridized carbons (Fsp3) is 0.320. The van der Waals surface area contributed by atoms with Crippen molar-refractivity contribution in [2.24, 2.45) is 0 Å². The molecule has 0 saturated heterocycles. The predicted molar refractivity (Wildman–Crippen MR) is 136 cm³/mol. The molecule has 0 atom stereocenters. The van der Waals surface area contributed by atoms with Gasteiger partial charge in [-0.25, -0.2) is 14.4 Å². The number of aromatic nitrogens is 2. The number of hydrogen-bond donors (Lipinski definition) is 2. The highest BCUT2D eigenvalue weighted by Crippen LogP contribution is 2.33. The van der Waals surface area contributed by atoms with Crippen molar-refractivity contribution in [1.29, 1.82) is 0 Å². The topological polar surface area (TPSA) is 79.4 Å². The first-order valence-corrected chi connectivity index (χ1v) is 11.4. The summed E-state index contributed by atoms with van der Waals surface area (Å²) in [5, 5.41) is 6.64. The van der Waals surface area contributed by atoms with Gasteiger partial charge in [0.1, 0.15) is 23.7 Å². The van der Waals surface area contributed by atoms with Gasteiger partial charge in [0.15, 0.2) is 0 Å². The Labute approximate surface area is 204 Å². The highest BCUT2D eigenvalue weighted by molar-refractivity contribution is 6.31. The molecule has 180 valence electrons. The van der Waals surface area contributed by atoms with Gasteiger partial charge in [-0.15, -0.1) is 0 Å². The minimum atomic E-state index is -0.507. The number of carbonyl (C=O) groups excluding carboxylic acids is 1. The largest absolute Gasteiger partial charge is 0.494 e. The molecule has 1 aromatic heterocycles. The number of anilines is 3. The molecule has 0 aliphatic rings. The third kappa shape index (κ3) is 6.21. The summed E-state index contributed by atoms with van der Waals surface area (Å²) in [4.78, 5) is 23.5. The fourth-order valence-electron chi connectivity index (χ4n) is 3.63. The van der Waals surface area contributed by atoms with E-state index in [1.165, 1.54) is 31.6 Å². The average molecular weight is 486 g/mol. The summed E-state index contributed by atoms with van der Waals surface area (Å²) in [6.07, 6.45) is 4.77. The lowest BCUT2D eigenvalue weighted by molar-refractivity contribution is -0.111. The second-order valence-corrected chi connectivity index (χ2v) is 8.73. The molecule has 0 fully saturated rings. The van der Waals surface area contributed by atoms with E-state index in [0.29, 0.717) is 52.5 Å². The van der Waals surface area contributed by atoms with Crippen LogP contribution in [0.1, 0.15) is 27.7 Å². The normalized spacial score (nSPS) is 11.7. The van der Waals surface area contributed by atoms with E-state index in [-0.39, 0.29) is 10.9 Å². The molecule has 2 N–H and O–H groups in total. The van der Waals surface area contributed by atoms with Crippen LogP contribution in [-0.4, -0.2) is 46.5 Å². The molecule has 0 radical (unpaired) electrons. The van der Waals surface area contributed by atoms with Gasteiger partial charge in [0, 0.05) is 41.8 Å². The Morgan fingerprint density at radius 1 is 1.18 bits per heavy atom. The third-order valence-corrected chi connectivity index (χ3v) is 5.60. The van der Waals surface area contributed by atoms with Crippen molar-refractivity contribution in [2.45, 2.75) is 39.8 Å². The Bertz CT molecular complexity index is 1190. The van der Waals surface area contributed by atoms with Gasteiger partial charge < -0.3 is 15.4 Å². The minimum absolute atomic E-state index is 0.00160. The number of benzene rings is 2. The van der Waals surface area contributed by atoms with Crippen LogP contribution in [0.4, 0.5) is 21.6 Å². The van der Waals surface area contributed by atoms with Gasteiger partial charge >= 0.3 is 0 Å². The Morgan fingerprint density at radius 2 is 1.91 bits per heavy atom. The molecule has 2 aromatic carbocycles. The van der Waals surface area contributed by atoms with Crippen LogP contribution in [0, 0.1) is 5.82 Å². The lowest BCUT2D eigenvalue weighted by Crippen LogP contribution is -2.37. The molecule has 0 saturated carbocycles. The van der Waals surface area contributed by atoms with Crippen molar-refractivity contribution in [2.75, 3.05) is 24.3 Å². The summed E-state index contributed by atoms with van der Waals surface area (Å²) in [6.45, 7) is 9.17. The average Bonchev–Trinajstić information content (AvgIpc) is 2.78. The summed E-state index contributed by atoms with van der Waals surface area (Å²) < 4.78 is 19.0. The van der Waals surface area contributed by atoms with Crippen molar-refractivity contribution < 1.29 is 13.9 Å². The molecule has 3 aromatic rings. The van der Waals surface area contributed by atoms with Gasteiger partial charge in [-0.1, -0.05) is 17.7 Å². The quantitative estimate of drug-likeness (QED) is 0.373. The zero-order valence-corrected chi connectivity index (χ0v) is 20.7. The summed E-state index contributed by atoms with van der Waals surface area (Å²) in [7, 11) is 1.52. The number of hydrogen-bond acceptors (Lipinski definition) is 6. The predicted octanol–water partition coefficient (Wildman–Crippen LogP) is 5.79. The second kappa shape index (κ2) is 11.3. The highest BCUT2D eigenvalue weighted by atomic mass is 35.5. The van der Waals surface area contributed by atoms with E-state index in [1.54, 1.807) is 18.2 Å². The van der Waals surface area contributed by atoms with Crippen molar-refractivity contribution in [3.8, 4) is 5.75 Å². The first-order chi connectivity index (χ1) is 16.2. The van der Waals surface area contributed by atoms with Gasteiger partial charge in [-0.05, 0) is 52.0 Å². The Morgan fingerprint density at radius 3 is 2.56 bits per heavy atom. The maximum atomic E-state index is 13.5. The Balaban J connectivity index is 1.85. The van der Waals surface area contributed by atoms with Crippen LogP contribution in [0.2, 0.25) is 5.02 Å². The van der Waals surface area contributed by atoms with Crippen LogP contribution in [0.15, 0.2) is 48.8 Å². The number of amides is 1. The molecular weight excluding hydrogens is 457 g/mol. The van der Waals surface area contributed by atoms with Gasteiger partial charge in [-0.2, -0.15) is 0 Å². The van der Waals surface area contributed by atoms with E-state index >= 15 is 0 Å². The monoisotopic (exact) mass is 485 g/mol. The molecular formula is C25H29ClFN5O2. The summed E-state index contributed by atoms with van der Waals surface area (Å²) in [6, 6.07) is 8.50. The van der Waals surface area contributed by atoms with Crippen molar-refractivity contribution >= 4 is 45.6 Å². The van der Waals surface area contributed by atoms with Crippen molar-refractivity contribution in [1.82, 2.24) is 14.9 Å². The molecule has 0 spiro atoms. The number of carbonyl (C=O) groups is 1. The molecule has 9 heteroatoms. The number of rotatable bonds is 9. The first kappa shape index (κ1) is 25.4. The number of ether oxygens (including phenoxy) is 1. The molecule has 0 aliphatic carbocycles. The summed E-state index contributed by atoms with van der Waals surface area (Å²) >= 11 is 5.89. The lowest BCUT2D eigenvalue weighted by atomic mass is 10.1. The van der Waals surface area contributed by atoms with E-state index in [1.807, 2.05) is 6.08 Å². The highest BCUT2D eigenvalue weighted by Gasteiger charge is 2.14. The maximum Gasteiger partial charge on any atom is 0.248 e. The molecule has 1 amide bonds. The van der Waals surface area contributed by atoms with Gasteiger partial charge in [0.05, 0.1) is 23.3 Å². The molecule has 0 unspecified atom stereocenters. The molecule has 0 bridgehead atoms. The van der Waals surface area contributed by atoms with Gasteiger partial charge in [0.25, 0.3) is 0 Å². The van der Waals surface area contributed by atoms with Crippen LogP contribution >= 0.6 is 11.6 Å². The number of fused-ring (bicyclic) bond motifs is 1. The minimum Gasteiger partial charge on any atom is -0.494 e. The van der Waals surface area contributed by atoms with Crippen LogP contribution in [0.5, 0.6) is 5.75 Å². The van der Waals surface area contributed by atoms with Crippen LogP contribution in [-0.2, 0) is 4.79 Å². The number of methoxy groups -OCH3 is 1. The summed E-state index contributed by atoms with van der Waals surface area (Å²) in [5.74, 6) is 0.162. The number of halogens is 2. The van der Waals surface area contributed by atoms with Crippen LogP contribution in [0.25, 0.3) is 10.9 Å². The van der Waals surface area contributed by atoms with Crippen molar-refractivity contribution in [3.05, 3.63) is 59.7 Å². The molecule has 3 rings (SSSR count). The van der Waals surface area contributed by atoms with E-state index in [0.717, 1.165) is 0 Å². The van der Waals surface area contributed by atoms with Crippen molar-refractivity contribution in [3.63, 3.8) is 0 Å². The fourth-order valence-corrected chi connectivity index (χ4v) is 3.82. The van der Waals surface area contributed by atoms with E-state index in [2.05, 4.69) is 53.2 Å². The zero-order valence-electron chi connectivity index (χ0n) is 19.9. The SMILES string of the molecule is COc1cc2ncnc(Nc3ccc(F)c(Cl)c3)c2cc1NC(=O)C=CCN(C(C)C)C(C)C. The molecule has 1 heterocycles. The Hall–Kier alpha value is -3.23. The van der Waals surface area contributed by atoms with E-state index in [4.69, 9.17) is 16.3 Å². The van der Waals surface area contributed by atoms with Gasteiger partial charge in [-0.3, -0.25) is 9.69 Å². The molecule has 7 nitrogen and oxygen atoms in total. The van der Waals surface area contributed by atoms with Gasteiger partial charge in [0.2, 0.25) is 5.91 Å². The van der Waals surface area contributed by atoms with Crippen LogP contribution < -0.4 is 15.4 Å². The van der Waals surface area contributed by atoms with Crippen LogP contribution in [0.3, 0.4) is 0 Å². The Kier molecular flexibility index (Phi) is 8.41. The first-order valence-electron chi connectivity index (χ1n) is 11.0. The second-order valence-electron chi connectivity index (χ2n) is 8.32. The molecule has 34 heavy (non-hydrogen) atoms. The van der Waals surface area contributed by atoms with E-state index in [9.17, 15) is 9.18 Å². The lowest BCUT2D eigenvalue weighted by Gasteiger charge is -2.29. The number of nitrogens with one attached hydrogen (secondary N) is 2. The standard InChI is InChI=1S/C25H29ClFN5O2/c1-15(2)32(16(3)4)10-6-7-24(33)31-22-12-18-21(13-23(22)34-5)28-14-29-25(18)30-17-8-9-20(27)19(26)11-17/h6-9,11-16H,10H2,1-5H3,(H,31,33)(H,28,29,30). The smallest absolute Gasteiger partial charge is 0.248 e.